The van der Waals surface area contributed by atoms with E-state index >= 15 is 8.78 Å². The summed E-state index contributed by atoms with van der Waals surface area (Å²) in [5.41, 5.74) is 1.79. The minimum Gasteiger partial charge on any atom is -0.321 e. The molecule has 10 nitrogen and oxygen atoms in total. The van der Waals surface area contributed by atoms with Crippen molar-refractivity contribution in [2.24, 2.45) is 4.99 Å². The fraction of sp³-hybridized carbons (Fsp3) is 0.500. The molecule has 1 aliphatic carbocycles. The van der Waals surface area contributed by atoms with E-state index in [0.717, 1.165) is 64.6 Å². The number of fused-ring (bicyclic) bond motifs is 1. The zero-order chi connectivity index (χ0) is 29.4. The van der Waals surface area contributed by atoms with E-state index in [4.69, 9.17) is 0 Å². The molecule has 0 spiro atoms. The molecule has 222 valence electrons. The number of aromatic nitrogens is 4. The Morgan fingerprint density at radius 3 is 2.55 bits per heavy atom. The first-order valence-corrected chi connectivity index (χ1v) is 14.6. The third kappa shape index (κ3) is 5.46. The molecule has 0 bridgehead atoms. The predicted molar refractivity (Wildman–Crippen MR) is 158 cm³/mol. The maximum Gasteiger partial charge on any atom is 0.228 e. The van der Waals surface area contributed by atoms with Gasteiger partial charge in [0.05, 0.1) is 17.3 Å². The first kappa shape index (κ1) is 28.5. The second-order valence-electron chi connectivity index (χ2n) is 11.5. The highest BCUT2D eigenvalue weighted by molar-refractivity contribution is 5.96. The van der Waals surface area contributed by atoms with Gasteiger partial charge in [-0.3, -0.25) is 4.90 Å². The van der Waals surface area contributed by atoms with Crippen LogP contribution < -0.4 is 10.6 Å². The summed E-state index contributed by atoms with van der Waals surface area (Å²) in [6, 6.07) is 3.04. The quantitative estimate of drug-likeness (QED) is 0.373. The molecule has 2 fully saturated rings. The number of nitrogens with zero attached hydrogens (tertiary/aromatic N) is 7. The molecule has 3 aromatic rings. The number of rotatable bonds is 9. The molecule has 2 aliphatic heterocycles. The maximum absolute atomic E-state index is 15.3. The summed E-state index contributed by atoms with van der Waals surface area (Å²) in [6.07, 6.45) is 6.40. The number of imidazole rings is 1. The van der Waals surface area contributed by atoms with E-state index in [9.17, 15) is 4.79 Å². The van der Waals surface area contributed by atoms with E-state index in [2.05, 4.69) is 47.3 Å². The van der Waals surface area contributed by atoms with Crippen LogP contribution in [0.5, 0.6) is 0 Å². The van der Waals surface area contributed by atoms with Gasteiger partial charge in [0.15, 0.2) is 11.6 Å². The fourth-order valence-corrected chi connectivity index (χ4v) is 6.24. The molecule has 1 unspecified atom stereocenters. The van der Waals surface area contributed by atoms with Crippen molar-refractivity contribution in [2.45, 2.75) is 51.1 Å². The molecule has 6 rings (SSSR count). The Bertz CT molecular complexity index is 1550. The topological polar surface area (TPSA) is 104 Å². The number of likely N-dealkylation sites (N-methyl/N-ethyl adjacent to an activating group) is 2. The summed E-state index contributed by atoms with van der Waals surface area (Å²) in [6.45, 7) is 10.2. The number of halogens is 2. The van der Waals surface area contributed by atoms with Crippen LogP contribution in [-0.2, 0) is 10.3 Å². The Kier molecular flexibility index (Phi) is 7.86. The summed E-state index contributed by atoms with van der Waals surface area (Å²) in [5, 5.41) is 6.53. The Balaban J connectivity index is 1.25. The SMILES string of the molecule is CCN1CCN(CC2=CN=C(Nc3ncc(F)c(-c4cc(F)c5nc(C)n(C6(CC=O)CC6)c5c4)n3)CC2NC)CC1. The van der Waals surface area contributed by atoms with Gasteiger partial charge in [-0.15, -0.1) is 0 Å². The number of carbonyl (C=O) groups is 1. The van der Waals surface area contributed by atoms with Crippen molar-refractivity contribution in [1.29, 1.82) is 0 Å². The van der Waals surface area contributed by atoms with Crippen LogP contribution in [0.15, 0.2) is 35.1 Å². The van der Waals surface area contributed by atoms with Gasteiger partial charge < -0.3 is 24.9 Å². The van der Waals surface area contributed by atoms with Gasteiger partial charge in [0.25, 0.3) is 0 Å². The van der Waals surface area contributed by atoms with E-state index in [1.54, 1.807) is 13.0 Å². The maximum atomic E-state index is 15.3. The highest BCUT2D eigenvalue weighted by Gasteiger charge is 2.46. The van der Waals surface area contributed by atoms with E-state index < -0.39 is 17.2 Å². The van der Waals surface area contributed by atoms with Crippen molar-refractivity contribution < 1.29 is 13.6 Å². The average molecular weight is 578 g/mol. The third-order valence-corrected chi connectivity index (χ3v) is 8.82. The van der Waals surface area contributed by atoms with Gasteiger partial charge in [-0.2, -0.15) is 0 Å². The molecular weight excluding hydrogens is 540 g/mol. The van der Waals surface area contributed by atoms with Crippen LogP contribution in [0.1, 0.15) is 38.4 Å². The summed E-state index contributed by atoms with van der Waals surface area (Å²) in [4.78, 5) is 33.9. The minimum atomic E-state index is -0.667. The highest BCUT2D eigenvalue weighted by atomic mass is 19.1. The Morgan fingerprint density at radius 2 is 1.86 bits per heavy atom. The van der Waals surface area contributed by atoms with Crippen molar-refractivity contribution in [2.75, 3.05) is 51.6 Å². The molecule has 2 aromatic heterocycles. The minimum absolute atomic E-state index is 0.0250. The molecule has 2 N–H and O–H groups in total. The number of aldehydes is 1. The van der Waals surface area contributed by atoms with Gasteiger partial charge in [0.1, 0.15) is 29.2 Å². The van der Waals surface area contributed by atoms with Gasteiger partial charge in [0.2, 0.25) is 5.95 Å². The normalized spacial score (nSPS) is 20.8. The second kappa shape index (κ2) is 11.6. The van der Waals surface area contributed by atoms with Crippen molar-refractivity contribution in [3.8, 4) is 11.3 Å². The first-order valence-electron chi connectivity index (χ1n) is 14.6. The fourth-order valence-electron chi connectivity index (χ4n) is 6.24. The van der Waals surface area contributed by atoms with Crippen LogP contribution >= 0.6 is 0 Å². The predicted octanol–water partition coefficient (Wildman–Crippen LogP) is 3.48. The third-order valence-electron chi connectivity index (χ3n) is 8.82. The smallest absolute Gasteiger partial charge is 0.228 e. The van der Waals surface area contributed by atoms with Crippen LogP contribution in [0.2, 0.25) is 0 Å². The summed E-state index contributed by atoms with van der Waals surface area (Å²) in [7, 11) is 1.93. The van der Waals surface area contributed by atoms with Gasteiger partial charge in [0, 0.05) is 63.4 Å². The Labute approximate surface area is 243 Å². The van der Waals surface area contributed by atoms with Crippen molar-refractivity contribution in [3.63, 3.8) is 0 Å². The summed E-state index contributed by atoms with van der Waals surface area (Å²) in [5.74, 6) is 0.223. The average Bonchev–Trinajstić information content (AvgIpc) is 3.68. The second-order valence-corrected chi connectivity index (χ2v) is 11.5. The van der Waals surface area contributed by atoms with E-state index in [-0.39, 0.29) is 28.8 Å². The molecule has 0 radical (unpaired) electrons. The number of carbonyl (C=O) groups excluding carboxylic acids is 1. The molecule has 0 amide bonds. The first-order chi connectivity index (χ1) is 20.3. The highest BCUT2D eigenvalue weighted by Crippen LogP contribution is 2.48. The van der Waals surface area contributed by atoms with Crippen molar-refractivity contribution in [1.82, 2.24) is 34.6 Å². The molecule has 42 heavy (non-hydrogen) atoms. The lowest BCUT2D eigenvalue weighted by atomic mass is 10.0. The Morgan fingerprint density at radius 1 is 1.10 bits per heavy atom. The molecule has 1 saturated carbocycles. The van der Waals surface area contributed by atoms with Gasteiger partial charge in [-0.05, 0) is 51.1 Å². The largest absolute Gasteiger partial charge is 0.321 e. The van der Waals surface area contributed by atoms with Crippen LogP contribution in [-0.4, -0.2) is 93.8 Å². The molecule has 3 aliphatic rings. The number of benzene rings is 1. The lowest BCUT2D eigenvalue weighted by Gasteiger charge is -2.36. The lowest BCUT2D eigenvalue weighted by molar-refractivity contribution is -0.108. The molecule has 1 atom stereocenters. The van der Waals surface area contributed by atoms with Crippen LogP contribution in [0.3, 0.4) is 0 Å². The van der Waals surface area contributed by atoms with E-state index in [1.165, 1.54) is 11.6 Å². The molecule has 12 heteroatoms. The molecule has 4 heterocycles. The number of aliphatic imine (C=N–C) groups is 1. The monoisotopic (exact) mass is 577 g/mol. The van der Waals surface area contributed by atoms with Gasteiger partial charge in [-0.1, -0.05) is 6.92 Å². The Hall–Kier alpha value is -3.61. The molecular formula is C30H37F2N9O. The number of piperazine rings is 1. The van der Waals surface area contributed by atoms with Crippen LogP contribution in [0.4, 0.5) is 14.7 Å². The number of amidine groups is 1. The van der Waals surface area contributed by atoms with Crippen molar-refractivity contribution in [3.05, 3.63) is 47.6 Å². The number of hydrogen-bond donors (Lipinski definition) is 2. The van der Waals surface area contributed by atoms with Gasteiger partial charge >= 0.3 is 0 Å². The number of anilines is 1. The summed E-state index contributed by atoms with van der Waals surface area (Å²) >= 11 is 0. The zero-order valence-corrected chi connectivity index (χ0v) is 24.3. The zero-order valence-electron chi connectivity index (χ0n) is 24.3. The standard InChI is InChI=1S/C30H37F2N9O/c1-4-39-8-10-40(11-9-39)18-21-16-34-26(15-24(21)33-3)37-29-35-17-23(32)27(38-29)20-13-22(31)28-25(14-20)41(19(2)36-28)30(5-6-30)7-12-42/h12-14,16-17,24,33H,4-11,15,18H2,1-3H3,(H,34,35,37,38). The van der Waals surface area contributed by atoms with E-state index in [1.807, 2.05) is 17.8 Å². The van der Waals surface area contributed by atoms with Crippen LogP contribution in [0.25, 0.3) is 22.3 Å². The number of hydrogen-bond acceptors (Lipinski definition) is 9. The number of aryl methyl sites for hydroxylation is 1. The summed E-state index contributed by atoms with van der Waals surface area (Å²) < 4.78 is 32.3. The van der Waals surface area contributed by atoms with Gasteiger partial charge in [-0.25, -0.2) is 28.7 Å². The van der Waals surface area contributed by atoms with E-state index in [0.29, 0.717) is 30.0 Å². The number of nitrogens with one attached hydrogen (secondary N) is 2. The molecule has 1 saturated heterocycles. The molecule has 1 aromatic carbocycles. The van der Waals surface area contributed by atoms with Crippen LogP contribution in [0, 0.1) is 18.6 Å². The van der Waals surface area contributed by atoms with Crippen molar-refractivity contribution >= 4 is 29.1 Å². The lowest BCUT2D eigenvalue weighted by Crippen LogP contribution is -2.48.